The van der Waals surface area contributed by atoms with Gasteiger partial charge in [-0.25, -0.2) is 9.48 Å². The quantitative estimate of drug-likeness (QED) is 0.318. The lowest BCUT2D eigenvalue weighted by atomic mass is 9.95. The first-order valence-corrected chi connectivity index (χ1v) is 15.1. The van der Waals surface area contributed by atoms with Crippen LogP contribution in [-0.2, 0) is 27.5 Å². The van der Waals surface area contributed by atoms with Crippen LogP contribution in [0.1, 0.15) is 76.3 Å². The SMILES string of the molecule is CCOC(=O)C(c1ccc(C(F)(F)F)cc1)N1C[C@H](CC)N(c2cc(=O)n(C)c3cn(C4CCCCO4)nc23)C[C@H]1CC. The number of benzene rings is 1. The van der Waals surface area contributed by atoms with E-state index in [0.29, 0.717) is 43.6 Å². The van der Waals surface area contributed by atoms with Gasteiger partial charge in [0.25, 0.3) is 5.56 Å². The summed E-state index contributed by atoms with van der Waals surface area (Å²) >= 11 is 0. The van der Waals surface area contributed by atoms with Crippen LogP contribution in [0, 0.1) is 0 Å². The molecule has 5 rings (SSSR count). The van der Waals surface area contributed by atoms with Gasteiger partial charge in [-0.3, -0.25) is 9.69 Å². The summed E-state index contributed by atoms with van der Waals surface area (Å²) in [7, 11) is 1.74. The minimum absolute atomic E-state index is 0.0967. The molecule has 0 aliphatic carbocycles. The van der Waals surface area contributed by atoms with E-state index in [9.17, 15) is 22.8 Å². The van der Waals surface area contributed by atoms with Gasteiger partial charge in [0.1, 0.15) is 17.8 Å². The van der Waals surface area contributed by atoms with Crippen LogP contribution >= 0.6 is 0 Å². The molecule has 0 radical (unpaired) electrons. The number of hydrogen-bond donors (Lipinski definition) is 0. The first-order chi connectivity index (χ1) is 20.6. The predicted octanol–water partition coefficient (Wildman–Crippen LogP) is 5.44. The zero-order valence-corrected chi connectivity index (χ0v) is 25.1. The number of alkyl halides is 3. The summed E-state index contributed by atoms with van der Waals surface area (Å²) in [6.45, 7) is 7.56. The predicted molar refractivity (Wildman–Crippen MR) is 157 cm³/mol. The van der Waals surface area contributed by atoms with Crippen LogP contribution in [-0.4, -0.2) is 63.6 Å². The Balaban J connectivity index is 1.52. The molecule has 12 heteroatoms. The molecule has 0 spiro atoms. The van der Waals surface area contributed by atoms with Crippen LogP contribution in [0.4, 0.5) is 18.9 Å². The Morgan fingerprint density at radius 2 is 1.81 bits per heavy atom. The summed E-state index contributed by atoms with van der Waals surface area (Å²) in [5, 5.41) is 4.93. The average molecular weight is 604 g/mol. The number of hydrogen-bond acceptors (Lipinski definition) is 7. The van der Waals surface area contributed by atoms with Crippen molar-refractivity contribution in [3.8, 4) is 0 Å². The maximum atomic E-state index is 13.4. The molecular weight excluding hydrogens is 563 g/mol. The molecule has 0 amide bonds. The minimum Gasteiger partial charge on any atom is -0.465 e. The summed E-state index contributed by atoms with van der Waals surface area (Å²) in [5.74, 6) is -0.494. The molecule has 0 saturated carbocycles. The summed E-state index contributed by atoms with van der Waals surface area (Å²) in [4.78, 5) is 30.8. The van der Waals surface area contributed by atoms with E-state index >= 15 is 0 Å². The second kappa shape index (κ2) is 12.7. The maximum Gasteiger partial charge on any atom is 0.416 e. The van der Waals surface area contributed by atoms with Crippen molar-refractivity contribution in [2.45, 2.75) is 83.4 Å². The van der Waals surface area contributed by atoms with Gasteiger partial charge in [-0.2, -0.15) is 18.3 Å². The molecule has 2 saturated heterocycles. The van der Waals surface area contributed by atoms with E-state index < -0.39 is 23.8 Å². The third-order valence-electron chi connectivity index (χ3n) is 8.74. The van der Waals surface area contributed by atoms with Crippen molar-refractivity contribution < 1.29 is 27.4 Å². The highest BCUT2D eigenvalue weighted by molar-refractivity contribution is 5.88. The molecule has 1 aromatic carbocycles. The summed E-state index contributed by atoms with van der Waals surface area (Å²) in [6, 6.07) is 5.28. The van der Waals surface area contributed by atoms with Crippen molar-refractivity contribution in [1.82, 2.24) is 19.2 Å². The molecule has 3 aromatic rings. The zero-order chi connectivity index (χ0) is 30.9. The Morgan fingerprint density at radius 3 is 2.42 bits per heavy atom. The van der Waals surface area contributed by atoms with E-state index in [1.807, 2.05) is 24.7 Å². The van der Waals surface area contributed by atoms with Crippen LogP contribution in [0.15, 0.2) is 41.3 Å². The Morgan fingerprint density at radius 1 is 1.09 bits per heavy atom. The number of anilines is 1. The van der Waals surface area contributed by atoms with E-state index in [2.05, 4.69) is 9.80 Å². The van der Waals surface area contributed by atoms with Gasteiger partial charge in [0.15, 0.2) is 0 Å². The van der Waals surface area contributed by atoms with Crippen molar-refractivity contribution >= 4 is 22.7 Å². The zero-order valence-electron chi connectivity index (χ0n) is 25.1. The van der Waals surface area contributed by atoms with Gasteiger partial charge in [-0.05, 0) is 56.7 Å². The molecule has 2 unspecified atom stereocenters. The van der Waals surface area contributed by atoms with Crippen molar-refractivity contribution in [2.24, 2.45) is 7.05 Å². The lowest BCUT2D eigenvalue weighted by Crippen LogP contribution is -2.60. The van der Waals surface area contributed by atoms with Gasteiger partial charge in [-0.1, -0.05) is 26.0 Å². The Kier molecular flexibility index (Phi) is 9.17. The summed E-state index contributed by atoms with van der Waals surface area (Å²) < 4.78 is 54.7. The fourth-order valence-corrected chi connectivity index (χ4v) is 6.34. The average Bonchev–Trinajstić information content (AvgIpc) is 3.45. The number of fused-ring (bicyclic) bond motifs is 1. The monoisotopic (exact) mass is 603 g/mol. The standard InChI is InChI=1S/C31H40F3N5O4/c1-5-22-18-38(29(30(41)42-7-3)20-11-13-21(14-12-20)31(32,33)34)23(6-2)17-37(22)24-16-26(40)36(4)25-19-39(35-28(24)25)27-10-8-9-15-43-27/h11-14,16,19,22-23,27,29H,5-10,15,17-18H2,1-4H3/t22-,23+,27?,29?/m0/s1. The number of carbonyl (C=O) groups excluding carboxylic acids is 1. The Labute approximate surface area is 249 Å². The number of nitrogens with zero attached hydrogens (tertiary/aromatic N) is 5. The third-order valence-corrected chi connectivity index (χ3v) is 8.74. The number of ether oxygens (including phenoxy) is 2. The maximum absolute atomic E-state index is 13.4. The van der Waals surface area contributed by atoms with E-state index in [1.54, 1.807) is 24.6 Å². The van der Waals surface area contributed by atoms with Gasteiger partial charge in [0.05, 0.1) is 29.6 Å². The Hall–Kier alpha value is -3.38. The molecular formula is C31H40F3N5O4. The van der Waals surface area contributed by atoms with Gasteiger partial charge in [0, 0.05) is 44.9 Å². The van der Waals surface area contributed by atoms with Crippen LogP contribution in [0.25, 0.3) is 11.0 Å². The number of piperazine rings is 1. The highest BCUT2D eigenvalue weighted by Gasteiger charge is 2.41. The summed E-state index contributed by atoms with van der Waals surface area (Å²) in [6.07, 6.45) is 1.51. The number of aryl methyl sites for hydroxylation is 1. The van der Waals surface area contributed by atoms with E-state index in [-0.39, 0.29) is 30.5 Å². The summed E-state index contributed by atoms with van der Waals surface area (Å²) in [5.41, 5.74) is 1.70. The van der Waals surface area contributed by atoms with Crippen LogP contribution in [0.3, 0.4) is 0 Å². The van der Waals surface area contributed by atoms with E-state index in [1.165, 1.54) is 12.1 Å². The van der Waals surface area contributed by atoms with Gasteiger partial charge in [-0.15, -0.1) is 0 Å². The normalized spacial score (nSPS) is 22.6. The third kappa shape index (κ3) is 6.17. The molecule has 234 valence electrons. The van der Waals surface area contributed by atoms with Crippen molar-refractivity contribution in [3.05, 3.63) is 58.0 Å². The molecule has 2 fully saturated rings. The van der Waals surface area contributed by atoms with Gasteiger partial charge >= 0.3 is 12.1 Å². The highest BCUT2D eigenvalue weighted by Crippen LogP contribution is 2.37. The first kappa shape index (κ1) is 31.1. The molecule has 9 nitrogen and oxygen atoms in total. The molecule has 0 N–H and O–H groups in total. The molecule has 43 heavy (non-hydrogen) atoms. The number of esters is 1. The second-order valence-corrected chi connectivity index (χ2v) is 11.3. The molecule has 2 aliphatic rings. The minimum atomic E-state index is -4.48. The van der Waals surface area contributed by atoms with Crippen LogP contribution < -0.4 is 10.5 Å². The highest BCUT2D eigenvalue weighted by atomic mass is 19.4. The largest absolute Gasteiger partial charge is 0.465 e. The lowest BCUT2D eigenvalue weighted by Gasteiger charge is -2.49. The number of rotatable bonds is 8. The van der Waals surface area contributed by atoms with Gasteiger partial charge < -0.3 is 18.9 Å². The number of aromatic nitrogens is 3. The molecule has 2 aliphatic heterocycles. The second-order valence-electron chi connectivity index (χ2n) is 11.3. The molecule has 4 heterocycles. The van der Waals surface area contributed by atoms with Crippen LogP contribution in [0.5, 0.6) is 0 Å². The molecule has 2 aromatic heterocycles. The molecule has 0 bridgehead atoms. The Bertz CT molecular complexity index is 1480. The van der Waals surface area contributed by atoms with Crippen molar-refractivity contribution in [3.63, 3.8) is 0 Å². The lowest BCUT2D eigenvalue weighted by molar-refractivity contribution is -0.151. The van der Waals surface area contributed by atoms with E-state index in [0.717, 1.165) is 42.6 Å². The van der Waals surface area contributed by atoms with Crippen molar-refractivity contribution in [1.29, 1.82) is 0 Å². The van der Waals surface area contributed by atoms with Gasteiger partial charge in [0.2, 0.25) is 0 Å². The van der Waals surface area contributed by atoms with Crippen LogP contribution in [0.2, 0.25) is 0 Å². The fourth-order valence-electron chi connectivity index (χ4n) is 6.34. The number of pyridine rings is 1. The molecule has 4 atom stereocenters. The number of carbonyl (C=O) groups is 1. The first-order valence-electron chi connectivity index (χ1n) is 15.1. The fraction of sp³-hybridized carbons (Fsp3) is 0.581. The number of halogens is 3. The van der Waals surface area contributed by atoms with Crippen molar-refractivity contribution in [2.75, 3.05) is 31.2 Å². The van der Waals surface area contributed by atoms with E-state index in [4.69, 9.17) is 14.6 Å². The topological polar surface area (TPSA) is 81.8 Å². The smallest absolute Gasteiger partial charge is 0.416 e.